The van der Waals surface area contributed by atoms with E-state index in [-0.39, 0.29) is 49.7 Å². The van der Waals surface area contributed by atoms with Crippen molar-refractivity contribution in [3.8, 4) is 0 Å². The third-order valence-corrected chi connectivity index (χ3v) is 5.32. The summed E-state index contributed by atoms with van der Waals surface area (Å²) in [5.41, 5.74) is 0.535. The number of alkyl halides is 2. The number of carbonyl (C=O) groups excluding carboxylic acids is 2. The van der Waals surface area contributed by atoms with Gasteiger partial charge in [0.15, 0.2) is 0 Å². The SMILES string of the molecule is Cc1occc1C(=O)NC1CCC(C(=O)N2CCC(F)(F)CC2)CC1. The van der Waals surface area contributed by atoms with Gasteiger partial charge in [-0.15, -0.1) is 0 Å². The van der Waals surface area contributed by atoms with Crippen LogP contribution in [0.3, 0.4) is 0 Å². The van der Waals surface area contributed by atoms with Crippen molar-refractivity contribution in [2.24, 2.45) is 5.92 Å². The smallest absolute Gasteiger partial charge is 0.255 e. The maximum Gasteiger partial charge on any atom is 0.255 e. The van der Waals surface area contributed by atoms with Crippen LogP contribution in [0.15, 0.2) is 16.7 Å². The van der Waals surface area contributed by atoms with E-state index in [0.29, 0.717) is 24.2 Å². The Balaban J connectivity index is 1.46. The highest BCUT2D eigenvalue weighted by Gasteiger charge is 2.38. The molecule has 1 aliphatic heterocycles. The van der Waals surface area contributed by atoms with Crippen LogP contribution in [-0.2, 0) is 4.79 Å². The van der Waals surface area contributed by atoms with E-state index in [2.05, 4.69) is 5.32 Å². The first-order valence-electron chi connectivity index (χ1n) is 8.87. The monoisotopic (exact) mass is 354 g/mol. The average Bonchev–Trinajstić information content (AvgIpc) is 3.01. The van der Waals surface area contributed by atoms with Crippen molar-refractivity contribution in [3.63, 3.8) is 0 Å². The summed E-state index contributed by atoms with van der Waals surface area (Å²) in [5, 5.41) is 2.99. The van der Waals surface area contributed by atoms with Crippen molar-refractivity contribution in [2.75, 3.05) is 13.1 Å². The molecule has 1 aromatic rings. The maximum absolute atomic E-state index is 13.2. The predicted octanol–water partition coefficient (Wildman–Crippen LogP) is 3.13. The minimum Gasteiger partial charge on any atom is -0.469 e. The van der Waals surface area contributed by atoms with Crippen LogP contribution in [0.25, 0.3) is 0 Å². The van der Waals surface area contributed by atoms with Gasteiger partial charge in [-0.25, -0.2) is 8.78 Å². The Morgan fingerprint density at radius 3 is 2.40 bits per heavy atom. The number of furan rings is 1. The largest absolute Gasteiger partial charge is 0.469 e. The van der Waals surface area contributed by atoms with E-state index in [1.165, 1.54) is 6.26 Å². The van der Waals surface area contributed by atoms with Gasteiger partial charge in [0, 0.05) is 37.9 Å². The first-order chi connectivity index (χ1) is 11.9. The number of aryl methyl sites for hydroxylation is 1. The van der Waals surface area contributed by atoms with E-state index in [0.717, 1.165) is 12.8 Å². The Bertz CT molecular complexity index is 626. The highest BCUT2D eigenvalue weighted by atomic mass is 19.3. The van der Waals surface area contributed by atoms with E-state index in [9.17, 15) is 18.4 Å². The fourth-order valence-corrected chi connectivity index (χ4v) is 3.68. The molecule has 7 heteroatoms. The van der Waals surface area contributed by atoms with Gasteiger partial charge in [-0.1, -0.05) is 0 Å². The molecule has 0 radical (unpaired) electrons. The summed E-state index contributed by atoms with van der Waals surface area (Å²) in [6.45, 7) is 2.02. The second kappa shape index (κ2) is 7.14. The topological polar surface area (TPSA) is 62.6 Å². The standard InChI is InChI=1S/C18H24F2N2O3/c1-12-15(6-11-25-12)16(23)21-14-4-2-13(3-5-14)17(24)22-9-7-18(19,20)8-10-22/h6,11,13-14H,2-5,7-10H2,1H3,(H,21,23). The van der Waals surface area contributed by atoms with Crippen LogP contribution in [0.4, 0.5) is 8.78 Å². The first kappa shape index (κ1) is 17.9. The number of hydrogen-bond donors (Lipinski definition) is 1. The minimum atomic E-state index is -2.63. The van der Waals surface area contributed by atoms with Gasteiger partial charge in [-0.05, 0) is 38.7 Å². The number of carbonyl (C=O) groups is 2. The molecule has 1 N–H and O–H groups in total. The molecule has 0 spiro atoms. The molecule has 5 nitrogen and oxygen atoms in total. The molecule has 2 heterocycles. The molecular formula is C18H24F2N2O3. The number of nitrogens with one attached hydrogen (secondary N) is 1. The number of likely N-dealkylation sites (tertiary alicyclic amines) is 1. The van der Waals surface area contributed by atoms with E-state index < -0.39 is 5.92 Å². The van der Waals surface area contributed by atoms with Crippen LogP contribution >= 0.6 is 0 Å². The number of halogens is 2. The van der Waals surface area contributed by atoms with Gasteiger partial charge in [-0.2, -0.15) is 0 Å². The number of hydrogen-bond acceptors (Lipinski definition) is 3. The maximum atomic E-state index is 13.2. The second-order valence-corrected chi connectivity index (χ2v) is 7.09. The summed E-state index contributed by atoms with van der Waals surface area (Å²) in [5.74, 6) is -2.33. The van der Waals surface area contributed by atoms with Crippen LogP contribution < -0.4 is 5.32 Å². The van der Waals surface area contributed by atoms with Crippen LogP contribution in [0, 0.1) is 12.8 Å². The molecule has 138 valence electrons. The summed E-state index contributed by atoms with van der Waals surface area (Å²) >= 11 is 0. The predicted molar refractivity (Wildman–Crippen MR) is 87.4 cm³/mol. The zero-order valence-corrected chi connectivity index (χ0v) is 14.4. The summed E-state index contributed by atoms with van der Waals surface area (Å²) in [7, 11) is 0. The van der Waals surface area contributed by atoms with Gasteiger partial charge in [0.05, 0.1) is 11.8 Å². The summed E-state index contributed by atoms with van der Waals surface area (Å²) in [4.78, 5) is 26.3. The van der Waals surface area contributed by atoms with Crippen molar-refractivity contribution in [1.29, 1.82) is 0 Å². The zero-order chi connectivity index (χ0) is 18.0. The Labute approximate surface area is 145 Å². The lowest BCUT2D eigenvalue weighted by molar-refractivity contribution is -0.142. The van der Waals surface area contributed by atoms with Gasteiger partial charge in [0.25, 0.3) is 11.8 Å². The highest BCUT2D eigenvalue weighted by Crippen LogP contribution is 2.31. The minimum absolute atomic E-state index is 0.00837. The number of piperidine rings is 1. The number of amides is 2. The van der Waals surface area contributed by atoms with Crippen molar-refractivity contribution in [1.82, 2.24) is 10.2 Å². The molecule has 2 amide bonds. The molecule has 0 atom stereocenters. The molecule has 0 unspecified atom stereocenters. The molecule has 1 aromatic heterocycles. The lowest BCUT2D eigenvalue weighted by atomic mass is 9.84. The molecule has 25 heavy (non-hydrogen) atoms. The van der Waals surface area contributed by atoms with Crippen LogP contribution in [-0.4, -0.2) is 41.8 Å². The van der Waals surface area contributed by atoms with Crippen molar-refractivity contribution in [3.05, 3.63) is 23.7 Å². The van der Waals surface area contributed by atoms with Crippen LogP contribution in [0.1, 0.15) is 54.6 Å². The Morgan fingerprint density at radius 1 is 1.20 bits per heavy atom. The molecule has 2 aliphatic rings. The highest BCUT2D eigenvalue weighted by molar-refractivity contribution is 5.95. The third kappa shape index (κ3) is 4.19. The molecule has 2 fully saturated rings. The Morgan fingerprint density at radius 2 is 1.84 bits per heavy atom. The van der Waals surface area contributed by atoms with Crippen molar-refractivity contribution >= 4 is 11.8 Å². The second-order valence-electron chi connectivity index (χ2n) is 7.09. The lowest BCUT2D eigenvalue weighted by Gasteiger charge is -2.36. The molecular weight excluding hydrogens is 330 g/mol. The Kier molecular flexibility index (Phi) is 5.11. The quantitative estimate of drug-likeness (QED) is 0.907. The normalized spacial score (nSPS) is 26.3. The summed E-state index contributed by atoms with van der Waals surface area (Å²) in [6, 6.07) is 1.68. The van der Waals surface area contributed by atoms with E-state index in [1.807, 2.05) is 0 Å². The van der Waals surface area contributed by atoms with Crippen LogP contribution in [0.5, 0.6) is 0 Å². The van der Waals surface area contributed by atoms with Gasteiger partial charge >= 0.3 is 0 Å². The number of rotatable bonds is 3. The van der Waals surface area contributed by atoms with E-state index >= 15 is 0 Å². The van der Waals surface area contributed by atoms with Gasteiger partial charge in [-0.3, -0.25) is 9.59 Å². The molecule has 1 aliphatic carbocycles. The molecule has 3 rings (SSSR count). The first-order valence-corrected chi connectivity index (χ1v) is 8.87. The van der Waals surface area contributed by atoms with Crippen LogP contribution in [0.2, 0.25) is 0 Å². The summed E-state index contributed by atoms with van der Waals surface area (Å²) < 4.78 is 31.6. The third-order valence-electron chi connectivity index (χ3n) is 5.32. The molecule has 1 saturated carbocycles. The molecule has 1 saturated heterocycles. The molecule has 0 bridgehead atoms. The van der Waals surface area contributed by atoms with Gasteiger partial charge in [0.1, 0.15) is 5.76 Å². The van der Waals surface area contributed by atoms with Crippen molar-refractivity contribution < 1.29 is 22.8 Å². The fourth-order valence-electron chi connectivity index (χ4n) is 3.68. The average molecular weight is 354 g/mol. The van der Waals surface area contributed by atoms with E-state index in [1.54, 1.807) is 17.9 Å². The summed E-state index contributed by atoms with van der Waals surface area (Å²) in [6.07, 6.45) is 3.82. The van der Waals surface area contributed by atoms with Gasteiger partial charge in [0.2, 0.25) is 5.91 Å². The zero-order valence-electron chi connectivity index (χ0n) is 14.4. The van der Waals surface area contributed by atoms with E-state index in [4.69, 9.17) is 4.42 Å². The Hall–Kier alpha value is -1.92. The molecule has 0 aromatic carbocycles. The van der Waals surface area contributed by atoms with Gasteiger partial charge < -0.3 is 14.6 Å². The van der Waals surface area contributed by atoms with Crippen molar-refractivity contribution in [2.45, 2.75) is 57.4 Å². The number of nitrogens with zero attached hydrogens (tertiary/aromatic N) is 1. The lowest BCUT2D eigenvalue weighted by Crippen LogP contribution is -2.47. The fraction of sp³-hybridized carbons (Fsp3) is 0.667.